The molecule has 0 saturated heterocycles. The Bertz CT molecular complexity index is 360. The van der Waals surface area contributed by atoms with Gasteiger partial charge in [0, 0.05) is 6.20 Å². The molecule has 1 aromatic heterocycles. The van der Waals surface area contributed by atoms with Crippen molar-refractivity contribution in [2.75, 3.05) is 13.7 Å². The molecule has 0 amide bonds. The van der Waals surface area contributed by atoms with Crippen LogP contribution in [0.3, 0.4) is 0 Å². The molecule has 0 bridgehead atoms. The van der Waals surface area contributed by atoms with Crippen LogP contribution in [-0.2, 0) is 16.1 Å². The van der Waals surface area contributed by atoms with Crippen molar-refractivity contribution in [1.29, 1.82) is 0 Å². The topological polar surface area (TPSA) is 71.5 Å². The summed E-state index contributed by atoms with van der Waals surface area (Å²) in [5.74, 6) is -1.43. The Hall–Kier alpha value is -1.53. The molecule has 0 aromatic carbocycles. The molecule has 0 aliphatic carbocycles. The van der Waals surface area contributed by atoms with Crippen LogP contribution in [0.2, 0.25) is 0 Å². The van der Waals surface area contributed by atoms with Gasteiger partial charge in [-0.25, -0.2) is 4.39 Å². The van der Waals surface area contributed by atoms with Gasteiger partial charge in [-0.3, -0.25) is 9.78 Å². The molecule has 1 heterocycles. The average molecular weight is 228 g/mol. The van der Waals surface area contributed by atoms with E-state index >= 15 is 0 Å². The molecule has 1 rings (SSSR count). The van der Waals surface area contributed by atoms with Crippen molar-refractivity contribution < 1.29 is 19.0 Å². The summed E-state index contributed by atoms with van der Waals surface area (Å²) in [5, 5.41) is 11.3. The Morgan fingerprint density at radius 1 is 1.69 bits per heavy atom. The molecule has 0 unspecified atom stereocenters. The first-order chi connectivity index (χ1) is 7.63. The standard InChI is InChI=1S/C10H13FN2O3/c1-12-9(10(14)15)6-16-5-7-2-8(11)4-13-3-7/h2-4,9,12H,5-6H2,1H3,(H,14,15)/t9-/m0/s1. The van der Waals surface area contributed by atoms with Gasteiger partial charge >= 0.3 is 5.97 Å². The molecule has 6 heteroatoms. The van der Waals surface area contributed by atoms with E-state index < -0.39 is 17.8 Å². The van der Waals surface area contributed by atoms with Gasteiger partial charge in [0.2, 0.25) is 0 Å². The summed E-state index contributed by atoms with van der Waals surface area (Å²) in [6.07, 6.45) is 2.56. The van der Waals surface area contributed by atoms with E-state index in [4.69, 9.17) is 9.84 Å². The third-order valence-electron chi connectivity index (χ3n) is 1.96. The Morgan fingerprint density at radius 2 is 2.44 bits per heavy atom. The molecule has 0 aliphatic rings. The van der Waals surface area contributed by atoms with Crippen LogP contribution in [0.1, 0.15) is 5.56 Å². The first kappa shape index (κ1) is 12.5. The fraction of sp³-hybridized carbons (Fsp3) is 0.400. The summed E-state index contributed by atoms with van der Waals surface area (Å²) in [4.78, 5) is 14.3. The lowest BCUT2D eigenvalue weighted by Crippen LogP contribution is -2.38. The van der Waals surface area contributed by atoms with E-state index in [2.05, 4.69) is 10.3 Å². The summed E-state index contributed by atoms with van der Waals surface area (Å²) in [6.45, 7) is 0.151. The van der Waals surface area contributed by atoms with Crippen molar-refractivity contribution in [2.24, 2.45) is 0 Å². The molecular formula is C10H13FN2O3. The Balaban J connectivity index is 2.38. The van der Waals surface area contributed by atoms with Crippen LogP contribution in [0.25, 0.3) is 0 Å². The van der Waals surface area contributed by atoms with Crippen LogP contribution in [-0.4, -0.2) is 35.8 Å². The number of likely N-dealkylation sites (N-methyl/N-ethyl adjacent to an activating group) is 1. The highest BCUT2D eigenvalue weighted by molar-refractivity contribution is 5.73. The van der Waals surface area contributed by atoms with Crippen molar-refractivity contribution in [3.8, 4) is 0 Å². The molecule has 1 aromatic rings. The van der Waals surface area contributed by atoms with Crippen molar-refractivity contribution in [1.82, 2.24) is 10.3 Å². The number of nitrogens with one attached hydrogen (secondary N) is 1. The first-order valence-electron chi connectivity index (χ1n) is 4.70. The Kier molecular flexibility index (Phi) is 4.81. The molecule has 0 aliphatic heterocycles. The van der Waals surface area contributed by atoms with Crippen LogP contribution in [0.15, 0.2) is 18.5 Å². The van der Waals surface area contributed by atoms with E-state index in [1.54, 1.807) is 0 Å². The van der Waals surface area contributed by atoms with Gasteiger partial charge in [0.05, 0.1) is 19.4 Å². The molecule has 0 saturated carbocycles. The van der Waals surface area contributed by atoms with Crippen molar-refractivity contribution in [3.05, 3.63) is 29.8 Å². The van der Waals surface area contributed by atoms with E-state index in [0.717, 1.165) is 6.20 Å². The number of rotatable bonds is 6. The van der Waals surface area contributed by atoms with Crippen LogP contribution >= 0.6 is 0 Å². The number of halogens is 1. The SMILES string of the molecule is CN[C@@H](COCc1cncc(F)c1)C(=O)O. The number of ether oxygens (including phenoxy) is 1. The van der Waals surface area contributed by atoms with E-state index in [9.17, 15) is 9.18 Å². The normalized spacial score (nSPS) is 12.4. The maximum Gasteiger partial charge on any atom is 0.323 e. The smallest absolute Gasteiger partial charge is 0.323 e. The first-order valence-corrected chi connectivity index (χ1v) is 4.70. The van der Waals surface area contributed by atoms with E-state index in [-0.39, 0.29) is 13.2 Å². The molecule has 0 fully saturated rings. The Labute approximate surface area is 92.3 Å². The number of aliphatic carboxylic acids is 1. The van der Waals surface area contributed by atoms with Crippen molar-refractivity contribution >= 4 is 5.97 Å². The van der Waals surface area contributed by atoms with Gasteiger partial charge in [-0.05, 0) is 18.7 Å². The molecular weight excluding hydrogens is 215 g/mol. The highest BCUT2D eigenvalue weighted by Gasteiger charge is 2.14. The number of nitrogens with zero attached hydrogens (tertiary/aromatic N) is 1. The highest BCUT2D eigenvalue weighted by atomic mass is 19.1. The number of carboxylic acids is 1. The lowest BCUT2D eigenvalue weighted by Gasteiger charge is -2.11. The highest BCUT2D eigenvalue weighted by Crippen LogP contribution is 2.02. The maximum atomic E-state index is 12.7. The predicted octanol–water partition coefficient (Wildman–Crippen LogP) is 0.410. The number of aromatic nitrogens is 1. The number of hydrogen-bond acceptors (Lipinski definition) is 4. The van der Waals surface area contributed by atoms with Gasteiger partial charge in [-0.15, -0.1) is 0 Å². The Morgan fingerprint density at radius 3 is 3.00 bits per heavy atom. The third-order valence-corrected chi connectivity index (χ3v) is 1.96. The second-order valence-corrected chi connectivity index (χ2v) is 3.21. The molecule has 16 heavy (non-hydrogen) atoms. The minimum atomic E-state index is -0.986. The summed E-state index contributed by atoms with van der Waals surface area (Å²) >= 11 is 0. The van der Waals surface area contributed by atoms with Gasteiger partial charge < -0.3 is 15.2 Å². The van der Waals surface area contributed by atoms with E-state index in [0.29, 0.717) is 5.56 Å². The largest absolute Gasteiger partial charge is 0.480 e. The molecule has 88 valence electrons. The molecule has 1 atom stereocenters. The quantitative estimate of drug-likeness (QED) is 0.738. The van der Waals surface area contributed by atoms with Gasteiger partial charge in [-0.2, -0.15) is 0 Å². The van der Waals surface area contributed by atoms with E-state index in [1.165, 1.54) is 19.3 Å². The predicted molar refractivity (Wildman–Crippen MR) is 54.3 cm³/mol. The van der Waals surface area contributed by atoms with Crippen LogP contribution < -0.4 is 5.32 Å². The van der Waals surface area contributed by atoms with E-state index in [1.807, 2.05) is 0 Å². The summed E-state index contributed by atoms with van der Waals surface area (Å²) in [5.41, 5.74) is 0.570. The van der Waals surface area contributed by atoms with Gasteiger partial charge in [0.15, 0.2) is 0 Å². The lowest BCUT2D eigenvalue weighted by molar-refractivity contribution is -0.141. The van der Waals surface area contributed by atoms with Crippen LogP contribution in [0.5, 0.6) is 0 Å². The zero-order chi connectivity index (χ0) is 12.0. The maximum absolute atomic E-state index is 12.7. The number of pyridine rings is 1. The zero-order valence-electron chi connectivity index (χ0n) is 8.81. The molecule has 5 nitrogen and oxygen atoms in total. The monoisotopic (exact) mass is 228 g/mol. The van der Waals surface area contributed by atoms with Gasteiger partial charge in [0.1, 0.15) is 11.9 Å². The molecule has 0 radical (unpaired) electrons. The van der Waals surface area contributed by atoms with Gasteiger partial charge in [-0.1, -0.05) is 0 Å². The number of carbonyl (C=O) groups is 1. The second-order valence-electron chi connectivity index (χ2n) is 3.21. The summed E-state index contributed by atoms with van der Waals surface area (Å²) in [6, 6.07) is 0.531. The number of carboxylic acid groups (broad SMARTS) is 1. The van der Waals surface area contributed by atoms with Crippen LogP contribution in [0, 0.1) is 5.82 Å². The summed E-state index contributed by atoms with van der Waals surface area (Å²) in [7, 11) is 1.53. The minimum Gasteiger partial charge on any atom is -0.480 e. The fourth-order valence-electron chi connectivity index (χ4n) is 1.11. The van der Waals surface area contributed by atoms with Crippen molar-refractivity contribution in [3.63, 3.8) is 0 Å². The van der Waals surface area contributed by atoms with Crippen molar-refractivity contribution in [2.45, 2.75) is 12.6 Å². The molecule has 0 spiro atoms. The second kappa shape index (κ2) is 6.14. The summed E-state index contributed by atoms with van der Waals surface area (Å²) < 4.78 is 17.9. The lowest BCUT2D eigenvalue weighted by atomic mass is 10.3. The number of hydrogen-bond donors (Lipinski definition) is 2. The third kappa shape index (κ3) is 3.92. The van der Waals surface area contributed by atoms with Crippen LogP contribution in [0.4, 0.5) is 4.39 Å². The molecule has 2 N–H and O–H groups in total. The average Bonchev–Trinajstić information content (AvgIpc) is 2.24. The fourth-order valence-corrected chi connectivity index (χ4v) is 1.11. The minimum absolute atomic E-state index is 0.0162. The van der Waals surface area contributed by atoms with Gasteiger partial charge in [0.25, 0.3) is 0 Å². The zero-order valence-corrected chi connectivity index (χ0v) is 8.81.